The molecule has 0 saturated carbocycles. The van der Waals surface area contributed by atoms with Crippen molar-refractivity contribution in [3.8, 4) is 0 Å². The zero-order valence-electron chi connectivity index (χ0n) is 12.2. The van der Waals surface area contributed by atoms with Gasteiger partial charge in [-0.1, -0.05) is 12.1 Å². The van der Waals surface area contributed by atoms with Crippen LogP contribution in [0, 0.1) is 0 Å². The molecule has 1 fully saturated rings. The SMILES string of the molecule is CCOCC(=O)N1CCC[C@@H](c2ccc(C(=O)O)cc2)C1. The van der Waals surface area contributed by atoms with Crippen LogP contribution in [0.3, 0.4) is 0 Å². The number of hydrogen-bond acceptors (Lipinski definition) is 3. The molecule has 5 nitrogen and oxygen atoms in total. The summed E-state index contributed by atoms with van der Waals surface area (Å²) in [5.74, 6) is -0.616. The number of carbonyl (C=O) groups excluding carboxylic acids is 1. The molecule has 0 aromatic heterocycles. The fourth-order valence-corrected chi connectivity index (χ4v) is 2.65. The summed E-state index contributed by atoms with van der Waals surface area (Å²) in [6, 6.07) is 6.95. The van der Waals surface area contributed by atoms with E-state index in [1.54, 1.807) is 12.1 Å². The number of rotatable bonds is 5. The first-order valence-corrected chi connectivity index (χ1v) is 7.30. The largest absolute Gasteiger partial charge is 0.478 e. The topological polar surface area (TPSA) is 66.8 Å². The molecule has 1 aliphatic heterocycles. The second-order valence-electron chi connectivity index (χ2n) is 5.24. The summed E-state index contributed by atoms with van der Waals surface area (Å²) >= 11 is 0. The van der Waals surface area contributed by atoms with Crippen LogP contribution < -0.4 is 0 Å². The third kappa shape index (κ3) is 4.04. The van der Waals surface area contributed by atoms with E-state index in [9.17, 15) is 9.59 Å². The normalized spacial score (nSPS) is 18.5. The lowest BCUT2D eigenvalue weighted by Crippen LogP contribution is -2.41. The Kier molecular flexibility index (Phi) is 5.33. The number of benzene rings is 1. The molecule has 0 aliphatic carbocycles. The number of aromatic carboxylic acids is 1. The number of carboxylic acid groups (broad SMARTS) is 1. The molecule has 1 aliphatic rings. The Labute approximate surface area is 124 Å². The number of amides is 1. The Balaban J connectivity index is 2.00. The van der Waals surface area contributed by atoms with Crippen molar-refractivity contribution in [3.63, 3.8) is 0 Å². The van der Waals surface area contributed by atoms with Crippen LogP contribution in [0.1, 0.15) is 41.6 Å². The van der Waals surface area contributed by atoms with E-state index in [0.717, 1.165) is 24.9 Å². The average Bonchev–Trinajstić information content (AvgIpc) is 2.52. The Morgan fingerprint density at radius 1 is 1.33 bits per heavy atom. The molecular formula is C16H21NO4. The highest BCUT2D eigenvalue weighted by Gasteiger charge is 2.24. The minimum absolute atomic E-state index is 0.0312. The van der Waals surface area contributed by atoms with E-state index in [0.29, 0.717) is 18.7 Å². The highest BCUT2D eigenvalue weighted by Crippen LogP contribution is 2.27. The molecule has 1 atom stereocenters. The van der Waals surface area contributed by atoms with E-state index in [1.807, 2.05) is 24.0 Å². The first kappa shape index (κ1) is 15.5. The Morgan fingerprint density at radius 3 is 2.67 bits per heavy atom. The summed E-state index contributed by atoms with van der Waals surface area (Å²) in [7, 11) is 0. The molecular weight excluding hydrogens is 270 g/mol. The number of carboxylic acids is 1. The maximum atomic E-state index is 12.0. The van der Waals surface area contributed by atoms with Gasteiger partial charge in [-0.05, 0) is 37.5 Å². The van der Waals surface area contributed by atoms with E-state index < -0.39 is 5.97 Å². The summed E-state index contributed by atoms with van der Waals surface area (Å²) in [5, 5.41) is 8.92. The van der Waals surface area contributed by atoms with Crippen LogP contribution in [0.15, 0.2) is 24.3 Å². The van der Waals surface area contributed by atoms with Crippen LogP contribution in [0.25, 0.3) is 0 Å². The van der Waals surface area contributed by atoms with Crippen LogP contribution in [0.4, 0.5) is 0 Å². The van der Waals surface area contributed by atoms with Gasteiger partial charge < -0.3 is 14.7 Å². The minimum Gasteiger partial charge on any atom is -0.478 e. The molecule has 0 unspecified atom stereocenters. The molecule has 0 spiro atoms. The molecule has 5 heteroatoms. The van der Waals surface area contributed by atoms with E-state index >= 15 is 0 Å². The smallest absolute Gasteiger partial charge is 0.335 e. The minimum atomic E-state index is -0.918. The molecule has 1 aromatic rings. The van der Waals surface area contributed by atoms with Crippen molar-refractivity contribution in [2.24, 2.45) is 0 Å². The van der Waals surface area contributed by atoms with E-state index in [1.165, 1.54) is 0 Å². The zero-order chi connectivity index (χ0) is 15.2. The van der Waals surface area contributed by atoms with Gasteiger partial charge in [0.25, 0.3) is 0 Å². The van der Waals surface area contributed by atoms with Crippen molar-refractivity contribution in [2.45, 2.75) is 25.7 Å². The molecule has 21 heavy (non-hydrogen) atoms. The van der Waals surface area contributed by atoms with Crippen molar-refractivity contribution < 1.29 is 19.4 Å². The molecule has 1 heterocycles. The quantitative estimate of drug-likeness (QED) is 0.902. The second-order valence-corrected chi connectivity index (χ2v) is 5.24. The van der Waals surface area contributed by atoms with Crippen LogP contribution in [-0.2, 0) is 9.53 Å². The summed E-state index contributed by atoms with van der Waals surface area (Å²) in [4.78, 5) is 24.7. The van der Waals surface area contributed by atoms with Gasteiger partial charge in [0, 0.05) is 25.6 Å². The van der Waals surface area contributed by atoms with Gasteiger partial charge >= 0.3 is 5.97 Å². The van der Waals surface area contributed by atoms with E-state index in [-0.39, 0.29) is 18.4 Å². The zero-order valence-corrected chi connectivity index (χ0v) is 12.2. The number of hydrogen-bond donors (Lipinski definition) is 1. The molecule has 0 bridgehead atoms. The average molecular weight is 291 g/mol. The number of piperidine rings is 1. The predicted octanol–water partition coefficient (Wildman–Crippen LogP) is 2.13. The van der Waals surface area contributed by atoms with Gasteiger partial charge in [0.15, 0.2) is 0 Å². The lowest BCUT2D eigenvalue weighted by Gasteiger charge is -2.33. The van der Waals surface area contributed by atoms with Gasteiger partial charge in [-0.25, -0.2) is 4.79 Å². The third-order valence-corrected chi connectivity index (χ3v) is 3.83. The lowest BCUT2D eigenvalue weighted by molar-refractivity contribution is -0.137. The first-order valence-electron chi connectivity index (χ1n) is 7.30. The molecule has 0 radical (unpaired) electrons. The predicted molar refractivity (Wildman–Crippen MR) is 78.4 cm³/mol. The fraction of sp³-hybridized carbons (Fsp3) is 0.500. The molecule has 2 rings (SSSR count). The van der Waals surface area contributed by atoms with Gasteiger partial charge in [-0.3, -0.25) is 4.79 Å². The highest BCUT2D eigenvalue weighted by molar-refractivity contribution is 5.87. The summed E-state index contributed by atoms with van der Waals surface area (Å²) in [6.07, 6.45) is 1.98. The van der Waals surface area contributed by atoms with Crippen LogP contribution in [-0.4, -0.2) is 48.2 Å². The Morgan fingerprint density at radius 2 is 2.05 bits per heavy atom. The monoisotopic (exact) mass is 291 g/mol. The van der Waals surface area contributed by atoms with Crippen molar-refractivity contribution >= 4 is 11.9 Å². The summed E-state index contributed by atoms with van der Waals surface area (Å²) in [5.41, 5.74) is 1.38. The third-order valence-electron chi connectivity index (χ3n) is 3.83. The number of ether oxygens (including phenoxy) is 1. The van der Waals surface area contributed by atoms with E-state index in [2.05, 4.69) is 0 Å². The molecule has 1 aromatic carbocycles. The van der Waals surface area contributed by atoms with Gasteiger partial charge in [-0.15, -0.1) is 0 Å². The standard InChI is InChI=1S/C16H21NO4/c1-2-21-11-15(18)17-9-3-4-14(10-17)12-5-7-13(8-6-12)16(19)20/h5-8,14H,2-4,9-11H2,1H3,(H,19,20)/t14-/m1/s1. The molecule has 114 valence electrons. The van der Waals surface area contributed by atoms with Crippen molar-refractivity contribution in [1.82, 2.24) is 4.90 Å². The molecule has 1 amide bonds. The van der Waals surface area contributed by atoms with Gasteiger partial charge in [-0.2, -0.15) is 0 Å². The highest BCUT2D eigenvalue weighted by atomic mass is 16.5. The van der Waals surface area contributed by atoms with Crippen molar-refractivity contribution in [2.75, 3.05) is 26.3 Å². The maximum absolute atomic E-state index is 12.0. The lowest BCUT2D eigenvalue weighted by atomic mass is 9.90. The van der Waals surface area contributed by atoms with Crippen LogP contribution >= 0.6 is 0 Å². The number of nitrogens with zero attached hydrogens (tertiary/aromatic N) is 1. The second kappa shape index (κ2) is 7.22. The molecule has 1 saturated heterocycles. The summed E-state index contributed by atoms with van der Waals surface area (Å²) < 4.78 is 5.18. The van der Waals surface area contributed by atoms with Crippen molar-refractivity contribution in [1.29, 1.82) is 0 Å². The van der Waals surface area contributed by atoms with Crippen LogP contribution in [0.5, 0.6) is 0 Å². The van der Waals surface area contributed by atoms with E-state index in [4.69, 9.17) is 9.84 Å². The number of likely N-dealkylation sites (tertiary alicyclic amines) is 1. The molecule has 1 N–H and O–H groups in total. The van der Waals surface area contributed by atoms with Crippen LogP contribution in [0.2, 0.25) is 0 Å². The fourth-order valence-electron chi connectivity index (χ4n) is 2.65. The Hall–Kier alpha value is -1.88. The summed E-state index contributed by atoms with van der Waals surface area (Å²) in [6.45, 7) is 4.01. The maximum Gasteiger partial charge on any atom is 0.335 e. The Bertz CT molecular complexity index is 498. The van der Waals surface area contributed by atoms with Crippen molar-refractivity contribution in [3.05, 3.63) is 35.4 Å². The van der Waals surface area contributed by atoms with Gasteiger partial charge in [0.1, 0.15) is 6.61 Å². The van der Waals surface area contributed by atoms with Gasteiger partial charge in [0.05, 0.1) is 5.56 Å². The number of carbonyl (C=O) groups is 2. The van der Waals surface area contributed by atoms with Gasteiger partial charge in [0.2, 0.25) is 5.91 Å². The first-order chi connectivity index (χ1) is 10.1.